The Balaban J connectivity index is 1.26. The average Bonchev–Trinajstić information content (AvgIpc) is 3.75. The molecule has 0 unspecified atom stereocenters. The van der Waals surface area contributed by atoms with Gasteiger partial charge in [-0.1, -0.05) is 122 Å². The number of fused-ring (bicyclic) bond motifs is 4. The van der Waals surface area contributed by atoms with Gasteiger partial charge in [0.1, 0.15) is 24.0 Å². The van der Waals surface area contributed by atoms with Crippen LogP contribution in [-0.4, -0.2) is 16.2 Å². The lowest BCUT2D eigenvalue weighted by atomic mass is 9.79. The predicted molar refractivity (Wildman–Crippen MR) is 277 cm³/mol. The van der Waals surface area contributed by atoms with Crippen LogP contribution in [0.15, 0.2) is 115 Å². The molecule has 1 aliphatic heterocycles. The molecular weight excluding hydrogens is 793 g/mol. The molecule has 3 heterocycles. The second kappa shape index (κ2) is 15.7. The van der Waals surface area contributed by atoms with E-state index in [-0.39, 0.29) is 16.2 Å². The SMILES string of the molecule is Cc1cc(C)c(-c2ccc(Oc3ccc4c5ccccc5n(-c5cc(C(C)(C)C)ccn5)c4c3)cc2N2CN(c3c(C)cc(C)cc3C)c3c2cc(C(C)(C)C)cc3C(C)(C)C)c(C)c1. The Labute approximate surface area is 387 Å². The second-order valence-electron chi connectivity index (χ2n) is 21.9. The van der Waals surface area contributed by atoms with E-state index in [1.165, 1.54) is 83.6 Å². The fourth-order valence-corrected chi connectivity index (χ4v) is 10.4. The third-order valence-corrected chi connectivity index (χ3v) is 13.4. The van der Waals surface area contributed by atoms with Gasteiger partial charge in [0.25, 0.3) is 0 Å². The molecule has 0 atom stereocenters. The molecular formula is C60H66N4O. The first kappa shape index (κ1) is 43.9. The summed E-state index contributed by atoms with van der Waals surface area (Å²) in [5.74, 6) is 2.46. The maximum Gasteiger partial charge on any atom is 0.137 e. The number of ether oxygens (including phenoxy) is 1. The van der Waals surface area contributed by atoms with Gasteiger partial charge in [-0.05, 0) is 151 Å². The number of rotatable bonds is 6. The minimum absolute atomic E-state index is 0.0163. The maximum absolute atomic E-state index is 7.05. The largest absolute Gasteiger partial charge is 0.457 e. The van der Waals surface area contributed by atoms with Crippen LogP contribution < -0.4 is 14.5 Å². The summed E-state index contributed by atoms with van der Waals surface area (Å²) in [5.41, 5.74) is 20.9. The summed E-state index contributed by atoms with van der Waals surface area (Å²) in [6.45, 7) is 34.9. The van der Waals surface area contributed by atoms with Crippen molar-refractivity contribution in [3.05, 3.63) is 165 Å². The third kappa shape index (κ3) is 7.87. The number of aromatic nitrogens is 2. The van der Waals surface area contributed by atoms with Crippen LogP contribution in [0.1, 0.15) is 112 Å². The van der Waals surface area contributed by atoms with E-state index in [1.807, 2.05) is 6.20 Å². The van der Waals surface area contributed by atoms with Crippen LogP contribution in [0.5, 0.6) is 11.5 Å². The standard InChI is InChI=1S/C60H66N4O/c1-36-26-38(3)55(39(4)27-36)48-23-21-44(65-45-20-22-47-46-18-16-17-19-50(46)64(52(47)34-45)54-32-42(24-25-61-54)58(7,8)9)33-51(48)62-35-63(56-40(5)28-37(2)29-41(56)6)57-49(60(13,14)15)30-43(31-53(57)62)59(10,11)12/h16-34H,35H2,1-15H3. The quantitative estimate of drug-likeness (QED) is 0.167. The molecule has 65 heavy (non-hydrogen) atoms. The minimum Gasteiger partial charge on any atom is -0.457 e. The fraction of sp³-hybridized carbons (Fsp3) is 0.317. The molecule has 0 N–H and O–H groups in total. The van der Waals surface area contributed by atoms with Crippen molar-refractivity contribution in [2.75, 3.05) is 16.5 Å². The molecule has 8 aromatic rings. The predicted octanol–water partition coefficient (Wildman–Crippen LogP) is 16.6. The molecule has 0 saturated carbocycles. The van der Waals surface area contributed by atoms with Crippen LogP contribution in [0.4, 0.5) is 22.7 Å². The van der Waals surface area contributed by atoms with Gasteiger partial charge in [-0.2, -0.15) is 0 Å². The maximum atomic E-state index is 7.05. The van der Waals surface area contributed by atoms with Gasteiger partial charge in [0, 0.05) is 40.4 Å². The number of anilines is 4. The first-order valence-corrected chi connectivity index (χ1v) is 23.3. The van der Waals surface area contributed by atoms with Crippen molar-refractivity contribution in [3.63, 3.8) is 0 Å². The molecule has 5 nitrogen and oxygen atoms in total. The van der Waals surface area contributed by atoms with Crippen molar-refractivity contribution in [2.24, 2.45) is 0 Å². The Morgan fingerprint density at radius 2 is 1.09 bits per heavy atom. The van der Waals surface area contributed by atoms with E-state index in [0.29, 0.717) is 6.67 Å². The van der Waals surface area contributed by atoms with Crippen LogP contribution in [0.3, 0.4) is 0 Å². The van der Waals surface area contributed by atoms with Crippen molar-refractivity contribution >= 4 is 44.6 Å². The van der Waals surface area contributed by atoms with Gasteiger partial charge in [0.05, 0.1) is 28.1 Å². The number of para-hydroxylation sites is 1. The van der Waals surface area contributed by atoms with Gasteiger partial charge in [-0.15, -0.1) is 0 Å². The van der Waals surface area contributed by atoms with E-state index >= 15 is 0 Å². The highest BCUT2D eigenvalue weighted by Crippen LogP contribution is 2.54. The molecule has 1 aliphatic rings. The van der Waals surface area contributed by atoms with Gasteiger partial charge in [-0.25, -0.2) is 4.98 Å². The summed E-state index contributed by atoms with van der Waals surface area (Å²) in [6.07, 6.45) is 1.94. The van der Waals surface area contributed by atoms with Gasteiger partial charge in [0.2, 0.25) is 0 Å². The number of aryl methyl sites for hydroxylation is 6. The Morgan fingerprint density at radius 3 is 1.74 bits per heavy atom. The number of hydrogen-bond acceptors (Lipinski definition) is 4. The number of nitrogens with zero attached hydrogens (tertiary/aromatic N) is 4. The number of hydrogen-bond donors (Lipinski definition) is 0. The molecule has 0 amide bonds. The lowest BCUT2D eigenvalue weighted by molar-refractivity contribution is 0.483. The summed E-state index contributed by atoms with van der Waals surface area (Å²) in [6, 6.07) is 40.4. The van der Waals surface area contributed by atoms with Crippen molar-refractivity contribution in [1.29, 1.82) is 0 Å². The van der Waals surface area contributed by atoms with Crippen molar-refractivity contribution in [3.8, 4) is 28.4 Å². The zero-order valence-corrected chi connectivity index (χ0v) is 41.4. The molecule has 0 radical (unpaired) electrons. The molecule has 5 heteroatoms. The zero-order valence-electron chi connectivity index (χ0n) is 41.4. The Morgan fingerprint density at radius 1 is 0.492 bits per heavy atom. The minimum atomic E-state index is -0.116. The first-order chi connectivity index (χ1) is 30.6. The van der Waals surface area contributed by atoms with E-state index in [1.54, 1.807) is 0 Å². The Hall–Kier alpha value is -6.33. The van der Waals surface area contributed by atoms with Crippen LogP contribution in [0.25, 0.3) is 38.8 Å². The first-order valence-electron chi connectivity index (χ1n) is 23.3. The fourth-order valence-electron chi connectivity index (χ4n) is 10.4. The second-order valence-corrected chi connectivity index (χ2v) is 21.9. The highest BCUT2D eigenvalue weighted by atomic mass is 16.5. The van der Waals surface area contributed by atoms with Crippen molar-refractivity contribution < 1.29 is 4.74 Å². The Bertz CT molecular complexity index is 3140. The van der Waals surface area contributed by atoms with E-state index in [9.17, 15) is 0 Å². The summed E-state index contributed by atoms with van der Waals surface area (Å²) in [4.78, 5) is 10.1. The molecule has 332 valence electrons. The summed E-state index contributed by atoms with van der Waals surface area (Å²) < 4.78 is 9.34. The average molecular weight is 859 g/mol. The van der Waals surface area contributed by atoms with Gasteiger partial charge >= 0.3 is 0 Å². The smallest absolute Gasteiger partial charge is 0.137 e. The molecule has 0 aliphatic carbocycles. The van der Waals surface area contributed by atoms with E-state index in [4.69, 9.17) is 9.72 Å². The van der Waals surface area contributed by atoms with Gasteiger partial charge in [-0.3, -0.25) is 4.57 Å². The molecule has 0 fully saturated rings. The van der Waals surface area contributed by atoms with E-state index in [0.717, 1.165) is 39.4 Å². The van der Waals surface area contributed by atoms with E-state index in [2.05, 4.69) is 227 Å². The van der Waals surface area contributed by atoms with Crippen LogP contribution in [0, 0.1) is 41.5 Å². The highest BCUT2D eigenvalue weighted by molar-refractivity contribution is 6.09. The summed E-state index contributed by atoms with van der Waals surface area (Å²) in [5, 5.41) is 2.35. The topological polar surface area (TPSA) is 33.5 Å². The molecule has 2 aromatic heterocycles. The molecule has 9 rings (SSSR count). The van der Waals surface area contributed by atoms with Gasteiger partial charge < -0.3 is 14.5 Å². The lowest BCUT2D eigenvalue weighted by Crippen LogP contribution is -2.26. The van der Waals surface area contributed by atoms with Crippen LogP contribution in [0.2, 0.25) is 0 Å². The summed E-state index contributed by atoms with van der Waals surface area (Å²) in [7, 11) is 0. The third-order valence-electron chi connectivity index (χ3n) is 13.4. The van der Waals surface area contributed by atoms with Crippen LogP contribution >= 0.6 is 0 Å². The molecule has 0 saturated heterocycles. The zero-order chi connectivity index (χ0) is 46.5. The number of benzene rings is 6. The van der Waals surface area contributed by atoms with Crippen molar-refractivity contribution in [2.45, 2.75) is 120 Å². The molecule has 0 bridgehead atoms. The lowest BCUT2D eigenvalue weighted by Gasteiger charge is -2.31. The summed E-state index contributed by atoms with van der Waals surface area (Å²) >= 11 is 0. The Kier molecular flexibility index (Phi) is 10.6. The molecule has 6 aromatic carbocycles. The van der Waals surface area contributed by atoms with Crippen molar-refractivity contribution in [1.82, 2.24) is 9.55 Å². The normalized spacial score (nSPS) is 13.3. The van der Waals surface area contributed by atoms with E-state index < -0.39 is 0 Å². The molecule has 0 spiro atoms. The van der Waals surface area contributed by atoms with Gasteiger partial charge in [0.15, 0.2) is 0 Å². The monoisotopic (exact) mass is 859 g/mol. The highest BCUT2D eigenvalue weighted by Gasteiger charge is 2.38. The number of pyridine rings is 1. The van der Waals surface area contributed by atoms with Crippen LogP contribution in [-0.2, 0) is 16.2 Å².